The van der Waals surface area contributed by atoms with Crippen molar-refractivity contribution >= 4 is 32.3 Å². The minimum Gasteiger partial charge on any atom is -0.265 e. The van der Waals surface area contributed by atoms with Gasteiger partial charge >= 0.3 is 0 Å². The summed E-state index contributed by atoms with van der Waals surface area (Å²) < 4.78 is 0. The van der Waals surface area contributed by atoms with Crippen molar-refractivity contribution in [3.05, 3.63) is 188 Å². The quantitative estimate of drug-likeness (QED) is 0.177. The molecule has 0 saturated heterocycles. The molecule has 0 saturated carbocycles. The summed E-state index contributed by atoms with van der Waals surface area (Å²) in [4.78, 5) is 4.27. The molecule has 0 unspecified atom stereocenters. The lowest BCUT2D eigenvalue weighted by Crippen LogP contribution is -1.91. The molecule has 0 aliphatic rings. The third-order valence-corrected chi connectivity index (χ3v) is 9.56. The van der Waals surface area contributed by atoms with E-state index in [1.165, 1.54) is 82.4 Å². The molecule has 1 aromatic heterocycles. The molecule has 1 nitrogen and oxygen atoms in total. The van der Waals surface area contributed by atoms with Crippen LogP contribution in [0, 0.1) is 0 Å². The Bertz CT molecular complexity index is 2510. The van der Waals surface area contributed by atoms with Gasteiger partial charge in [0.15, 0.2) is 0 Å². The van der Waals surface area contributed by atoms with Crippen LogP contribution in [0.5, 0.6) is 0 Å². The molecule has 0 aliphatic carbocycles. The number of hydrogen-bond acceptors (Lipinski definition) is 1. The van der Waals surface area contributed by atoms with E-state index in [0.717, 1.165) is 5.56 Å². The molecule has 9 rings (SSSR count). The second-order valence-electron chi connectivity index (χ2n) is 12.3. The predicted molar refractivity (Wildman–Crippen MR) is 204 cm³/mol. The van der Waals surface area contributed by atoms with Gasteiger partial charge in [-0.05, 0) is 124 Å². The maximum atomic E-state index is 4.27. The molecule has 0 atom stereocenters. The van der Waals surface area contributed by atoms with Crippen LogP contribution in [0.25, 0.3) is 88.0 Å². The van der Waals surface area contributed by atoms with Crippen LogP contribution in [0.4, 0.5) is 0 Å². The second-order valence-corrected chi connectivity index (χ2v) is 12.3. The Hall–Kier alpha value is -6.31. The van der Waals surface area contributed by atoms with Crippen molar-refractivity contribution in [2.45, 2.75) is 0 Å². The van der Waals surface area contributed by atoms with E-state index in [0.29, 0.717) is 0 Å². The largest absolute Gasteiger partial charge is 0.265 e. The highest BCUT2D eigenvalue weighted by Gasteiger charge is 2.16. The number of rotatable bonds is 5. The average molecular weight is 610 g/mol. The van der Waals surface area contributed by atoms with Crippen LogP contribution in [0.3, 0.4) is 0 Å². The van der Waals surface area contributed by atoms with Crippen molar-refractivity contribution < 1.29 is 0 Å². The second kappa shape index (κ2) is 11.8. The Morgan fingerprint density at radius 2 is 0.646 bits per heavy atom. The van der Waals surface area contributed by atoms with E-state index in [2.05, 4.69) is 181 Å². The summed E-state index contributed by atoms with van der Waals surface area (Å²) in [5.74, 6) is 0. The van der Waals surface area contributed by atoms with Gasteiger partial charge < -0.3 is 0 Å². The first-order chi connectivity index (χ1) is 23.8. The Kier molecular flexibility index (Phi) is 6.87. The van der Waals surface area contributed by atoms with Crippen LogP contribution in [0.15, 0.2) is 188 Å². The fraction of sp³-hybridized carbons (Fsp3) is 0. The fourth-order valence-corrected chi connectivity index (χ4v) is 7.31. The van der Waals surface area contributed by atoms with E-state index in [1.807, 2.05) is 12.4 Å². The third-order valence-electron chi connectivity index (χ3n) is 9.56. The molecule has 0 radical (unpaired) electrons. The first-order valence-corrected chi connectivity index (χ1v) is 16.5. The van der Waals surface area contributed by atoms with Crippen LogP contribution < -0.4 is 0 Å². The van der Waals surface area contributed by atoms with Crippen LogP contribution in [-0.4, -0.2) is 4.98 Å². The average Bonchev–Trinajstić information content (AvgIpc) is 3.18. The van der Waals surface area contributed by atoms with Crippen molar-refractivity contribution in [2.75, 3.05) is 0 Å². The normalized spacial score (nSPS) is 11.3. The van der Waals surface area contributed by atoms with Gasteiger partial charge in [0.1, 0.15) is 0 Å². The standard InChI is InChI=1S/C47H31N/c1-2-12-32(13-3-1)35-28-36(33-24-26-48-27-25-33)30-37(29-35)39-15-5-7-17-41(39)40-16-6-4-14-38(40)34-22-23-46-44-20-9-8-18-42(44)43-19-10-11-21-45(43)47(46)31-34/h1-31H. The van der Waals surface area contributed by atoms with Crippen LogP contribution in [0.2, 0.25) is 0 Å². The Labute approximate surface area is 280 Å². The van der Waals surface area contributed by atoms with Crippen LogP contribution in [-0.2, 0) is 0 Å². The molecule has 0 spiro atoms. The molecule has 1 heterocycles. The topological polar surface area (TPSA) is 12.9 Å². The Morgan fingerprint density at radius 3 is 1.23 bits per heavy atom. The monoisotopic (exact) mass is 609 g/mol. The van der Waals surface area contributed by atoms with E-state index in [-0.39, 0.29) is 0 Å². The molecule has 0 bridgehead atoms. The number of fused-ring (bicyclic) bond motifs is 6. The summed E-state index contributed by atoms with van der Waals surface area (Å²) in [5, 5.41) is 7.73. The van der Waals surface area contributed by atoms with Gasteiger partial charge in [-0.15, -0.1) is 0 Å². The zero-order valence-electron chi connectivity index (χ0n) is 26.3. The summed E-state index contributed by atoms with van der Waals surface area (Å²) in [6, 6.07) is 64.0. The van der Waals surface area contributed by atoms with E-state index in [9.17, 15) is 0 Å². The van der Waals surface area contributed by atoms with Crippen molar-refractivity contribution in [3.63, 3.8) is 0 Å². The van der Waals surface area contributed by atoms with E-state index in [4.69, 9.17) is 0 Å². The van der Waals surface area contributed by atoms with Gasteiger partial charge in [0.05, 0.1) is 0 Å². The van der Waals surface area contributed by atoms with Crippen LogP contribution >= 0.6 is 0 Å². The Morgan fingerprint density at radius 1 is 0.229 bits per heavy atom. The SMILES string of the molecule is c1ccc(-c2cc(-c3ccncc3)cc(-c3ccccc3-c3ccccc3-c3ccc4c5ccccc5c5ccccc5c4c3)c2)cc1. The zero-order chi connectivity index (χ0) is 31.9. The fourth-order valence-electron chi connectivity index (χ4n) is 7.31. The summed E-state index contributed by atoms with van der Waals surface area (Å²) in [5.41, 5.74) is 12.0. The molecule has 224 valence electrons. The van der Waals surface area contributed by atoms with E-state index < -0.39 is 0 Å². The molecular weight excluding hydrogens is 579 g/mol. The van der Waals surface area contributed by atoms with Gasteiger partial charge in [-0.1, -0.05) is 140 Å². The van der Waals surface area contributed by atoms with Gasteiger partial charge in [-0.2, -0.15) is 0 Å². The first kappa shape index (κ1) is 28.0. The lowest BCUT2D eigenvalue weighted by molar-refractivity contribution is 1.33. The van der Waals surface area contributed by atoms with Gasteiger partial charge in [-0.25, -0.2) is 0 Å². The maximum Gasteiger partial charge on any atom is 0.0273 e. The molecule has 0 fully saturated rings. The molecule has 1 heteroatoms. The summed E-state index contributed by atoms with van der Waals surface area (Å²) in [6.07, 6.45) is 3.73. The predicted octanol–water partition coefficient (Wildman–Crippen LogP) is 12.9. The summed E-state index contributed by atoms with van der Waals surface area (Å²) >= 11 is 0. The Balaban J connectivity index is 1.25. The lowest BCUT2D eigenvalue weighted by Gasteiger charge is -2.17. The number of pyridine rings is 1. The zero-order valence-corrected chi connectivity index (χ0v) is 26.3. The molecule has 0 N–H and O–H groups in total. The van der Waals surface area contributed by atoms with Crippen LogP contribution in [0.1, 0.15) is 0 Å². The molecule has 9 aromatic rings. The number of aromatic nitrogens is 1. The van der Waals surface area contributed by atoms with Crippen molar-refractivity contribution in [3.8, 4) is 55.6 Å². The number of benzene rings is 8. The lowest BCUT2D eigenvalue weighted by atomic mass is 9.86. The van der Waals surface area contributed by atoms with Crippen molar-refractivity contribution in [1.82, 2.24) is 4.98 Å². The van der Waals surface area contributed by atoms with Crippen molar-refractivity contribution in [2.24, 2.45) is 0 Å². The maximum absolute atomic E-state index is 4.27. The van der Waals surface area contributed by atoms with E-state index in [1.54, 1.807) is 0 Å². The summed E-state index contributed by atoms with van der Waals surface area (Å²) in [7, 11) is 0. The smallest absolute Gasteiger partial charge is 0.0273 e. The molecular formula is C47H31N. The minimum atomic E-state index is 1.15. The highest BCUT2D eigenvalue weighted by Crippen LogP contribution is 2.42. The van der Waals surface area contributed by atoms with Gasteiger partial charge in [0.2, 0.25) is 0 Å². The van der Waals surface area contributed by atoms with Gasteiger partial charge in [0.25, 0.3) is 0 Å². The number of hydrogen-bond donors (Lipinski definition) is 0. The number of nitrogens with zero attached hydrogens (tertiary/aromatic N) is 1. The summed E-state index contributed by atoms with van der Waals surface area (Å²) in [6.45, 7) is 0. The first-order valence-electron chi connectivity index (χ1n) is 16.5. The molecule has 0 aliphatic heterocycles. The van der Waals surface area contributed by atoms with E-state index >= 15 is 0 Å². The molecule has 48 heavy (non-hydrogen) atoms. The highest BCUT2D eigenvalue weighted by atomic mass is 14.6. The van der Waals surface area contributed by atoms with Crippen molar-refractivity contribution in [1.29, 1.82) is 0 Å². The van der Waals surface area contributed by atoms with Gasteiger partial charge in [0, 0.05) is 12.4 Å². The van der Waals surface area contributed by atoms with Gasteiger partial charge in [-0.3, -0.25) is 4.98 Å². The highest BCUT2D eigenvalue weighted by molar-refractivity contribution is 6.25. The third kappa shape index (κ3) is 4.85. The molecule has 0 amide bonds. The molecule has 8 aromatic carbocycles. The minimum absolute atomic E-state index is 1.15.